The van der Waals surface area contributed by atoms with Crippen molar-refractivity contribution in [2.75, 3.05) is 6.61 Å². The van der Waals surface area contributed by atoms with Crippen molar-refractivity contribution >= 4 is 27.4 Å². The van der Waals surface area contributed by atoms with Crippen molar-refractivity contribution in [3.63, 3.8) is 0 Å². The Balaban J connectivity index is 1.74. The standard InChI is InChI=1S/C25H19F3O3S/c1-2-31-24(30)18-9-3-6-15(12-18)20-11-5-8-17-14-21(32-23(17)20)22(29)16-7-4-10-19(13-16)25(26,27)28/h3-14,22,29H,2H2,1H3. The van der Waals surface area contributed by atoms with E-state index in [1.165, 1.54) is 23.5 Å². The summed E-state index contributed by atoms with van der Waals surface area (Å²) < 4.78 is 45.1. The van der Waals surface area contributed by atoms with E-state index in [0.29, 0.717) is 10.4 Å². The van der Waals surface area contributed by atoms with E-state index in [0.717, 1.165) is 33.3 Å². The highest BCUT2D eigenvalue weighted by atomic mass is 32.1. The second-order valence-electron chi connectivity index (χ2n) is 7.20. The van der Waals surface area contributed by atoms with Gasteiger partial charge in [0, 0.05) is 9.58 Å². The Morgan fingerprint density at radius 1 is 1.03 bits per heavy atom. The second-order valence-corrected chi connectivity index (χ2v) is 8.28. The Kier molecular flexibility index (Phi) is 6.04. The highest BCUT2D eigenvalue weighted by molar-refractivity contribution is 7.19. The molecule has 1 heterocycles. The summed E-state index contributed by atoms with van der Waals surface area (Å²) in [5.74, 6) is -0.409. The number of carbonyl (C=O) groups excluding carboxylic acids is 1. The summed E-state index contributed by atoms with van der Waals surface area (Å²) in [6, 6.07) is 19.2. The Morgan fingerprint density at radius 3 is 2.53 bits per heavy atom. The van der Waals surface area contributed by atoms with Crippen LogP contribution in [0.1, 0.15) is 39.4 Å². The first-order valence-corrected chi connectivity index (χ1v) is 10.7. The molecule has 3 aromatic carbocycles. The minimum atomic E-state index is -4.48. The molecule has 0 saturated carbocycles. The molecule has 3 nitrogen and oxygen atoms in total. The average molecular weight is 456 g/mol. The van der Waals surface area contributed by atoms with Gasteiger partial charge in [0.15, 0.2) is 0 Å². The number of ether oxygens (including phenoxy) is 1. The van der Waals surface area contributed by atoms with Crippen LogP contribution in [0.5, 0.6) is 0 Å². The highest BCUT2D eigenvalue weighted by Gasteiger charge is 2.31. The molecular formula is C25H19F3O3S. The van der Waals surface area contributed by atoms with Crippen molar-refractivity contribution in [2.24, 2.45) is 0 Å². The van der Waals surface area contributed by atoms with Crippen LogP contribution in [0.2, 0.25) is 0 Å². The van der Waals surface area contributed by atoms with Crippen LogP contribution in [-0.4, -0.2) is 17.7 Å². The number of rotatable bonds is 5. The summed E-state index contributed by atoms with van der Waals surface area (Å²) in [7, 11) is 0. The first kappa shape index (κ1) is 22.0. The van der Waals surface area contributed by atoms with Crippen molar-refractivity contribution in [2.45, 2.75) is 19.2 Å². The predicted octanol–water partition coefficient (Wildman–Crippen LogP) is 6.85. The SMILES string of the molecule is CCOC(=O)c1cccc(-c2cccc3cc(C(O)c4cccc(C(F)(F)F)c4)sc23)c1. The molecule has 0 aliphatic rings. The molecule has 164 valence electrons. The zero-order chi connectivity index (χ0) is 22.9. The van der Waals surface area contributed by atoms with Gasteiger partial charge in [-0.3, -0.25) is 0 Å². The predicted molar refractivity (Wildman–Crippen MR) is 119 cm³/mol. The molecule has 1 aromatic heterocycles. The van der Waals surface area contributed by atoms with Crippen LogP contribution in [-0.2, 0) is 10.9 Å². The van der Waals surface area contributed by atoms with Gasteiger partial charge in [-0.2, -0.15) is 13.2 Å². The zero-order valence-electron chi connectivity index (χ0n) is 17.0. The number of hydrogen-bond acceptors (Lipinski definition) is 4. The summed E-state index contributed by atoms with van der Waals surface area (Å²) in [6.07, 6.45) is -5.67. The molecule has 4 aromatic rings. The van der Waals surface area contributed by atoms with E-state index in [4.69, 9.17) is 4.74 Å². The fourth-order valence-electron chi connectivity index (χ4n) is 3.52. The van der Waals surface area contributed by atoms with Crippen LogP contribution in [0.25, 0.3) is 21.2 Å². The van der Waals surface area contributed by atoms with Crippen molar-refractivity contribution in [3.8, 4) is 11.1 Å². The van der Waals surface area contributed by atoms with Gasteiger partial charge < -0.3 is 9.84 Å². The van der Waals surface area contributed by atoms with Crippen LogP contribution in [0.3, 0.4) is 0 Å². The lowest BCUT2D eigenvalue weighted by molar-refractivity contribution is -0.137. The minimum absolute atomic E-state index is 0.178. The third-order valence-corrected chi connectivity index (χ3v) is 6.28. The van der Waals surface area contributed by atoms with Gasteiger partial charge in [-0.25, -0.2) is 4.79 Å². The molecule has 0 aliphatic carbocycles. The number of alkyl halides is 3. The Bertz CT molecular complexity index is 1280. The van der Waals surface area contributed by atoms with Gasteiger partial charge in [0.1, 0.15) is 6.10 Å². The molecule has 0 amide bonds. The minimum Gasteiger partial charge on any atom is -0.462 e. The number of aliphatic hydroxyl groups is 1. The molecule has 1 unspecified atom stereocenters. The quantitative estimate of drug-likeness (QED) is 0.334. The van der Waals surface area contributed by atoms with Crippen LogP contribution in [0.4, 0.5) is 13.2 Å². The molecule has 1 atom stereocenters. The molecular weight excluding hydrogens is 437 g/mol. The Labute approximate surface area is 186 Å². The van der Waals surface area contributed by atoms with E-state index in [2.05, 4.69) is 0 Å². The van der Waals surface area contributed by atoms with Gasteiger partial charge in [-0.1, -0.05) is 42.5 Å². The van der Waals surface area contributed by atoms with E-state index in [1.807, 2.05) is 24.3 Å². The second kappa shape index (κ2) is 8.76. The van der Waals surface area contributed by atoms with Crippen LogP contribution in [0.15, 0.2) is 72.8 Å². The van der Waals surface area contributed by atoms with Gasteiger partial charge in [-0.05, 0) is 59.3 Å². The number of carbonyl (C=O) groups is 1. The molecule has 1 N–H and O–H groups in total. The molecule has 0 radical (unpaired) electrons. The van der Waals surface area contributed by atoms with E-state index >= 15 is 0 Å². The topological polar surface area (TPSA) is 46.5 Å². The third kappa shape index (κ3) is 4.40. The Morgan fingerprint density at radius 2 is 1.78 bits per heavy atom. The van der Waals surface area contributed by atoms with Gasteiger partial charge in [-0.15, -0.1) is 11.3 Å². The number of benzene rings is 3. The molecule has 0 spiro atoms. The van der Waals surface area contributed by atoms with Crippen molar-refractivity contribution < 1.29 is 27.8 Å². The fraction of sp³-hybridized carbons (Fsp3) is 0.160. The lowest BCUT2D eigenvalue weighted by Crippen LogP contribution is -2.06. The largest absolute Gasteiger partial charge is 0.462 e. The fourth-order valence-corrected chi connectivity index (χ4v) is 4.73. The smallest absolute Gasteiger partial charge is 0.416 e. The Hall–Kier alpha value is -3.16. The maximum atomic E-state index is 13.1. The molecule has 0 bridgehead atoms. The number of hydrogen-bond donors (Lipinski definition) is 1. The number of aliphatic hydroxyl groups excluding tert-OH is 1. The first-order valence-electron chi connectivity index (χ1n) is 9.93. The average Bonchev–Trinajstić information content (AvgIpc) is 3.23. The molecule has 4 rings (SSSR count). The number of fused-ring (bicyclic) bond motifs is 1. The maximum Gasteiger partial charge on any atom is 0.416 e. The monoisotopic (exact) mass is 456 g/mol. The molecule has 32 heavy (non-hydrogen) atoms. The summed E-state index contributed by atoms with van der Waals surface area (Å²) in [6.45, 7) is 2.02. The summed E-state index contributed by atoms with van der Waals surface area (Å²) >= 11 is 1.31. The summed E-state index contributed by atoms with van der Waals surface area (Å²) in [5.41, 5.74) is 1.48. The first-order chi connectivity index (χ1) is 15.3. The van der Waals surface area contributed by atoms with Gasteiger partial charge in [0.2, 0.25) is 0 Å². The van der Waals surface area contributed by atoms with Gasteiger partial charge in [0.25, 0.3) is 0 Å². The molecule has 0 aliphatic heterocycles. The lowest BCUT2D eigenvalue weighted by Gasteiger charge is -2.12. The van der Waals surface area contributed by atoms with E-state index in [9.17, 15) is 23.1 Å². The highest BCUT2D eigenvalue weighted by Crippen LogP contribution is 2.40. The van der Waals surface area contributed by atoms with Crippen molar-refractivity contribution in [1.29, 1.82) is 0 Å². The number of thiophene rings is 1. The van der Waals surface area contributed by atoms with E-state index in [1.54, 1.807) is 31.2 Å². The summed E-state index contributed by atoms with van der Waals surface area (Å²) in [5, 5.41) is 11.7. The third-order valence-electron chi connectivity index (χ3n) is 5.05. The normalized spacial score (nSPS) is 12.7. The van der Waals surface area contributed by atoms with E-state index < -0.39 is 23.8 Å². The van der Waals surface area contributed by atoms with Crippen molar-refractivity contribution in [1.82, 2.24) is 0 Å². The molecule has 7 heteroatoms. The van der Waals surface area contributed by atoms with Gasteiger partial charge in [0.05, 0.1) is 17.7 Å². The van der Waals surface area contributed by atoms with Crippen LogP contribution >= 0.6 is 11.3 Å². The van der Waals surface area contributed by atoms with E-state index in [-0.39, 0.29) is 12.2 Å². The van der Waals surface area contributed by atoms with Gasteiger partial charge >= 0.3 is 12.1 Å². The van der Waals surface area contributed by atoms with Crippen LogP contribution in [0, 0.1) is 0 Å². The maximum absolute atomic E-state index is 13.1. The number of halogens is 3. The van der Waals surface area contributed by atoms with Crippen molar-refractivity contribution in [3.05, 3.63) is 94.4 Å². The molecule has 0 fully saturated rings. The lowest BCUT2D eigenvalue weighted by atomic mass is 10.0. The molecule has 0 saturated heterocycles. The summed E-state index contributed by atoms with van der Waals surface area (Å²) in [4.78, 5) is 12.6. The van der Waals surface area contributed by atoms with Crippen LogP contribution < -0.4 is 0 Å². The zero-order valence-corrected chi connectivity index (χ0v) is 17.8. The number of esters is 1.